The molecule has 1 N–H and O–H groups in total. The second-order valence-electron chi connectivity index (χ2n) is 6.61. The average molecular weight is 332 g/mol. The van der Waals surface area contributed by atoms with Gasteiger partial charge in [0.15, 0.2) is 5.60 Å². The van der Waals surface area contributed by atoms with Gasteiger partial charge in [0.1, 0.15) is 5.76 Å². The minimum absolute atomic E-state index is 0.129. The first kappa shape index (κ1) is 16.2. The number of rotatable bonds is 2. The van der Waals surface area contributed by atoms with Crippen LogP contribution in [-0.4, -0.2) is 49.1 Å². The van der Waals surface area contributed by atoms with Crippen LogP contribution >= 0.6 is 0 Å². The van der Waals surface area contributed by atoms with Gasteiger partial charge in [0, 0.05) is 37.7 Å². The Balaban J connectivity index is 1.60. The summed E-state index contributed by atoms with van der Waals surface area (Å²) in [5.74, 6) is -0.369. The average Bonchev–Trinajstić information content (AvgIpc) is 2.76. The molecule has 0 aromatic heterocycles. The number of halogens is 3. The molecule has 23 heavy (non-hydrogen) atoms. The summed E-state index contributed by atoms with van der Waals surface area (Å²) in [4.78, 5) is 14.0. The van der Waals surface area contributed by atoms with Crippen LogP contribution in [0.1, 0.15) is 19.8 Å². The minimum atomic E-state index is -4.76. The summed E-state index contributed by atoms with van der Waals surface area (Å²) in [6.45, 7) is 4.53. The first-order valence-electron chi connectivity index (χ1n) is 7.55. The summed E-state index contributed by atoms with van der Waals surface area (Å²) in [5, 5.41) is 3.22. The molecule has 0 aromatic carbocycles. The van der Waals surface area contributed by atoms with Crippen molar-refractivity contribution in [1.82, 2.24) is 10.2 Å². The summed E-state index contributed by atoms with van der Waals surface area (Å²) >= 11 is 0. The van der Waals surface area contributed by atoms with E-state index >= 15 is 0 Å². The van der Waals surface area contributed by atoms with E-state index in [1.807, 2.05) is 0 Å². The molecule has 0 aromatic rings. The van der Waals surface area contributed by atoms with E-state index < -0.39 is 18.1 Å². The van der Waals surface area contributed by atoms with Crippen molar-refractivity contribution in [1.29, 1.82) is 0 Å². The van der Waals surface area contributed by atoms with Gasteiger partial charge in [0.2, 0.25) is 0 Å². The van der Waals surface area contributed by atoms with Crippen LogP contribution in [0.4, 0.5) is 18.0 Å². The molecule has 128 valence electrons. The SMILES string of the molecule is CC1(OC(=O)N2CCCC3(CNC3)C2)C=CC(OC(F)(F)F)=C1. The first-order chi connectivity index (χ1) is 10.7. The molecule has 1 aliphatic carbocycles. The number of allylic oxidation sites excluding steroid dienone is 1. The van der Waals surface area contributed by atoms with Gasteiger partial charge in [-0.2, -0.15) is 0 Å². The van der Waals surface area contributed by atoms with Gasteiger partial charge >= 0.3 is 12.5 Å². The Morgan fingerprint density at radius 3 is 2.74 bits per heavy atom. The Morgan fingerprint density at radius 1 is 1.39 bits per heavy atom. The highest BCUT2D eigenvalue weighted by Crippen LogP contribution is 2.35. The van der Waals surface area contributed by atoms with Crippen molar-refractivity contribution in [3.05, 3.63) is 24.0 Å². The van der Waals surface area contributed by atoms with E-state index in [1.165, 1.54) is 13.0 Å². The first-order valence-corrected chi connectivity index (χ1v) is 7.55. The minimum Gasteiger partial charge on any atom is -0.434 e. The summed E-state index contributed by atoms with van der Waals surface area (Å²) in [7, 11) is 0. The zero-order valence-corrected chi connectivity index (χ0v) is 12.8. The second-order valence-corrected chi connectivity index (χ2v) is 6.61. The molecule has 1 unspecified atom stereocenters. The maximum Gasteiger partial charge on any atom is 0.573 e. The fourth-order valence-corrected chi connectivity index (χ4v) is 3.27. The molecule has 2 fully saturated rings. The molecule has 0 saturated carbocycles. The van der Waals surface area contributed by atoms with Crippen LogP contribution < -0.4 is 5.32 Å². The van der Waals surface area contributed by atoms with Crippen molar-refractivity contribution in [3.8, 4) is 0 Å². The fraction of sp³-hybridized carbons (Fsp3) is 0.667. The maximum absolute atomic E-state index is 12.3. The Morgan fingerprint density at radius 2 is 2.13 bits per heavy atom. The zero-order valence-electron chi connectivity index (χ0n) is 12.8. The summed E-state index contributed by atoms with van der Waals surface area (Å²) in [6, 6.07) is 0. The van der Waals surface area contributed by atoms with Crippen LogP contribution in [0.25, 0.3) is 0 Å². The summed E-state index contributed by atoms with van der Waals surface area (Å²) in [6.07, 6.45) is 0.412. The lowest BCUT2D eigenvalue weighted by Gasteiger charge is -2.49. The fourth-order valence-electron chi connectivity index (χ4n) is 3.27. The zero-order chi connectivity index (χ0) is 16.7. The third-order valence-electron chi connectivity index (χ3n) is 4.47. The van der Waals surface area contributed by atoms with Crippen molar-refractivity contribution in [3.63, 3.8) is 0 Å². The van der Waals surface area contributed by atoms with E-state index in [4.69, 9.17) is 4.74 Å². The standard InChI is InChI=1S/C15H19F3N2O3/c1-13(5-3-11(7-13)22-15(16,17)18)23-12(21)20-6-2-4-14(10-20)8-19-9-14/h3,5,7,19H,2,4,6,8-10H2,1H3. The molecule has 0 bridgehead atoms. The molecule has 5 nitrogen and oxygen atoms in total. The number of ether oxygens (including phenoxy) is 2. The van der Waals surface area contributed by atoms with Crippen LogP contribution in [0.5, 0.6) is 0 Å². The molecule has 1 spiro atoms. The number of hydrogen-bond acceptors (Lipinski definition) is 4. The highest BCUT2D eigenvalue weighted by Gasteiger charge is 2.43. The third-order valence-corrected chi connectivity index (χ3v) is 4.47. The van der Waals surface area contributed by atoms with Gasteiger partial charge < -0.3 is 19.7 Å². The van der Waals surface area contributed by atoms with Crippen molar-refractivity contribution in [2.75, 3.05) is 26.2 Å². The van der Waals surface area contributed by atoms with E-state index in [9.17, 15) is 18.0 Å². The van der Waals surface area contributed by atoms with E-state index in [2.05, 4.69) is 10.1 Å². The molecule has 3 rings (SSSR count). The molecule has 2 aliphatic heterocycles. The maximum atomic E-state index is 12.3. The number of likely N-dealkylation sites (tertiary alicyclic amines) is 1. The van der Waals surface area contributed by atoms with Gasteiger partial charge in [-0.25, -0.2) is 4.79 Å². The van der Waals surface area contributed by atoms with Crippen LogP contribution in [0.2, 0.25) is 0 Å². The predicted octanol–water partition coefficient (Wildman–Crippen LogP) is 2.56. The number of carbonyl (C=O) groups excluding carboxylic acids is 1. The Labute approximate surface area is 132 Å². The number of nitrogens with one attached hydrogen (secondary N) is 1. The molecule has 1 amide bonds. The van der Waals surface area contributed by atoms with Crippen LogP contribution in [0, 0.1) is 5.41 Å². The number of piperidine rings is 1. The molecular weight excluding hydrogens is 313 g/mol. The van der Waals surface area contributed by atoms with E-state index in [1.54, 1.807) is 4.90 Å². The van der Waals surface area contributed by atoms with Crippen molar-refractivity contribution < 1.29 is 27.4 Å². The number of alkyl halides is 3. The predicted molar refractivity (Wildman–Crippen MR) is 75.4 cm³/mol. The molecular formula is C15H19F3N2O3. The number of carbonyl (C=O) groups is 1. The molecule has 2 saturated heterocycles. The van der Waals surface area contributed by atoms with Gasteiger partial charge in [-0.15, -0.1) is 13.2 Å². The van der Waals surface area contributed by atoms with Crippen LogP contribution in [0.15, 0.2) is 24.0 Å². The monoisotopic (exact) mass is 332 g/mol. The quantitative estimate of drug-likeness (QED) is 0.844. The molecule has 8 heteroatoms. The van der Waals surface area contributed by atoms with Gasteiger partial charge in [-0.1, -0.05) is 0 Å². The van der Waals surface area contributed by atoms with E-state index in [0.29, 0.717) is 13.1 Å². The largest absolute Gasteiger partial charge is 0.573 e. The van der Waals surface area contributed by atoms with Gasteiger partial charge in [0.25, 0.3) is 0 Å². The Kier molecular flexibility index (Phi) is 3.82. The molecule has 3 aliphatic rings. The van der Waals surface area contributed by atoms with Crippen molar-refractivity contribution >= 4 is 6.09 Å². The van der Waals surface area contributed by atoms with E-state index in [0.717, 1.165) is 38.1 Å². The van der Waals surface area contributed by atoms with Gasteiger partial charge in [0.05, 0.1) is 0 Å². The molecule has 1 atom stereocenters. The van der Waals surface area contributed by atoms with Crippen LogP contribution in [-0.2, 0) is 9.47 Å². The smallest absolute Gasteiger partial charge is 0.434 e. The number of hydrogen-bond donors (Lipinski definition) is 1. The Bertz CT molecular complexity index is 555. The topological polar surface area (TPSA) is 50.8 Å². The summed E-state index contributed by atoms with van der Waals surface area (Å²) < 4.78 is 45.9. The highest BCUT2D eigenvalue weighted by atomic mass is 19.4. The van der Waals surface area contributed by atoms with Gasteiger partial charge in [-0.05, 0) is 31.9 Å². The lowest BCUT2D eigenvalue weighted by atomic mass is 9.75. The lowest BCUT2D eigenvalue weighted by Crippen LogP contribution is -2.62. The number of amides is 1. The van der Waals surface area contributed by atoms with Crippen molar-refractivity contribution in [2.45, 2.75) is 31.7 Å². The Hall–Kier alpha value is -1.70. The third kappa shape index (κ3) is 3.63. The lowest BCUT2D eigenvalue weighted by molar-refractivity contribution is -0.303. The second kappa shape index (κ2) is 5.43. The normalized spacial score (nSPS) is 29.2. The summed E-state index contributed by atoms with van der Waals surface area (Å²) in [5.41, 5.74) is -1.09. The van der Waals surface area contributed by atoms with Gasteiger partial charge in [-0.3, -0.25) is 0 Å². The van der Waals surface area contributed by atoms with Crippen LogP contribution in [0.3, 0.4) is 0 Å². The van der Waals surface area contributed by atoms with Crippen molar-refractivity contribution in [2.24, 2.45) is 5.41 Å². The highest BCUT2D eigenvalue weighted by molar-refractivity contribution is 5.69. The van der Waals surface area contributed by atoms with E-state index in [-0.39, 0.29) is 11.2 Å². The number of nitrogens with zero attached hydrogens (tertiary/aromatic N) is 1. The molecule has 2 heterocycles. The molecule has 0 radical (unpaired) electrons.